The molecule has 2 rings (SSSR count). The van der Waals surface area contributed by atoms with Gasteiger partial charge in [0.05, 0.1) is 16.8 Å². The van der Waals surface area contributed by atoms with Gasteiger partial charge in [0, 0.05) is 19.6 Å². The minimum Gasteiger partial charge on any atom is -0.397 e. The number of fused-ring (bicyclic) bond motifs is 1. The van der Waals surface area contributed by atoms with E-state index in [-0.39, 0.29) is 11.9 Å². The molecule has 2 heterocycles. The minimum atomic E-state index is -0.0435. The Morgan fingerprint density at radius 2 is 2.25 bits per heavy atom. The summed E-state index contributed by atoms with van der Waals surface area (Å²) in [6.45, 7) is 10.1. The summed E-state index contributed by atoms with van der Waals surface area (Å²) >= 11 is 1.40. The van der Waals surface area contributed by atoms with E-state index in [0.717, 1.165) is 15.9 Å². The van der Waals surface area contributed by atoms with Crippen molar-refractivity contribution in [3.8, 4) is 0 Å². The number of aromatic nitrogens is 2. The largest absolute Gasteiger partial charge is 0.397 e. The predicted molar refractivity (Wildman–Crippen MR) is 84.1 cm³/mol. The number of thiophene rings is 1. The Labute approximate surface area is 122 Å². The number of nitrogen functional groups attached to an aromatic ring is 1. The lowest BCUT2D eigenvalue weighted by atomic mass is 10.2. The van der Waals surface area contributed by atoms with E-state index in [1.165, 1.54) is 11.3 Å². The Balaban J connectivity index is 2.52. The van der Waals surface area contributed by atoms with Gasteiger partial charge in [-0.05, 0) is 20.8 Å². The first-order chi connectivity index (χ1) is 9.38. The average molecular weight is 292 g/mol. The van der Waals surface area contributed by atoms with Crippen LogP contribution in [-0.2, 0) is 7.05 Å². The van der Waals surface area contributed by atoms with Crippen LogP contribution in [0.15, 0.2) is 12.7 Å². The van der Waals surface area contributed by atoms with Crippen LogP contribution in [-0.4, -0.2) is 33.2 Å². The van der Waals surface area contributed by atoms with Crippen LogP contribution in [0.5, 0.6) is 0 Å². The molecule has 6 heteroatoms. The highest BCUT2D eigenvalue weighted by Gasteiger charge is 2.25. The van der Waals surface area contributed by atoms with E-state index >= 15 is 0 Å². The standard InChI is InChI=1S/C14H20N4OS/c1-6-7-18(8(2)3)13(19)12-11(15)10-9(4)16-17(5)14(10)20-12/h6,8H,1,7,15H2,2-5H3. The van der Waals surface area contributed by atoms with Crippen molar-refractivity contribution in [1.29, 1.82) is 0 Å². The van der Waals surface area contributed by atoms with Crippen LogP contribution in [0, 0.1) is 6.92 Å². The molecular formula is C14H20N4OS. The highest BCUT2D eigenvalue weighted by atomic mass is 32.1. The Kier molecular flexibility index (Phi) is 3.85. The maximum Gasteiger partial charge on any atom is 0.266 e. The second kappa shape index (κ2) is 5.28. The SMILES string of the molecule is C=CCN(C(=O)c1sc2c(c(C)nn2C)c1N)C(C)C. The molecule has 0 aromatic carbocycles. The van der Waals surface area contributed by atoms with Crippen LogP contribution >= 0.6 is 11.3 Å². The zero-order valence-electron chi connectivity index (χ0n) is 12.3. The topological polar surface area (TPSA) is 64.2 Å². The van der Waals surface area contributed by atoms with Crippen molar-refractivity contribution < 1.29 is 4.79 Å². The summed E-state index contributed by atoms with van der Waals surface area (Å²) in [4.78, 5) is 16.0. The summed E-state index contributed by atoms with van der Waals surface area (Å²) in [7, 11) is 1.86. The van der Waals surface area contributed by atoms with E-state index in [2.05, 4.69) is 11.7 Å². The molecule has 2 aromatic rings. The number of rotatable bonds is 4. The Bertz CT molecular complexity index is 668. The molecule has 2 aromatic heterocycles. The first-order valence-electron chi connectivity index (χ1n) is 6.51. The zero-order valence-corrected chi connectivity index (χ0v) is 13.1. The Hall–Kier alpha value is -1.82. The van der Waals surface area contributed by atoms with Gasteiger partial charge in [-0.1, -0.05) is 6.08 Å². The fraction of sp³-hybridized carbons (Fsp3) is 0.429. The third kappa shape index (κ3) is 2.20. The summed E-state index contributed by atoms with van der Waals surface area (Å²) in [6, 6.07) is 0.101. The number of nitrogens with two attached hydrogens (primary N) is 1. The van der Waals surface area contributed by atoms with Crippen molar-refractivity contribution in [2.45, 2.75) is 26.8 Å². The number of carbonyl (C=O) groups excluding carboxylic acids is 1. The lowest BCUT2D eigenvalue weighted by Gasteiger charge is -2.25. The Morgan fingerprint density at radius 3 is 2.75 bits per heavy atom. The van der Waals surface area contributed by atoms with Crippen LogP contribution in [0.1, 0.15) is 29.2 Å². The van der Waals surface area contributed by atoms with Crippen molar-refractivity contribution in [1.82, 2.24) is 14.7 Å². The van der Waals surface area contributed by atoms with Gasteiger partial charge in [0.15, 0.2) is 0 Å². The monoisotopic (exact) mass is 292 g/mol. The second-order valence-electron chi connectivity index (χ2n) is 5.07. The smallest absolute Gasteiger partial charge is 0.266 e. The number of hydrogen-bond acceptors (Lipinski definition) is 4. The predicted octanol–water partition coefficient (Wildman–Crippen LogP) is 2.56. The molecule has 20 heavy (non-hydrogen) atoms. The molecule has 5 nitrogen and oxygen atoms in total. The van der Waals surface area contributed by atoms with Crippen LogP contribution in [0.4, 0.5) is 5.69 Å². The third-order valence-corrected chi connectivity index (χ3v) is 4.55. The first-order valence-corrected chi connectivity index (χ1v) is 7.33. The molecule has 0 aliphatic carbocycles. The van der Waals surface area contributed by atoms with Crippen molar-refractivity contribution in [3.05, 3.63) is 23.2 Å². The van der Waals surface area contributed by atoms with E-state index in [1.807, 2.05) is 27.8 Å². The van der Waals surface area contributed by atoms with Gasteiger partial charge in [-0.3, -0.25) is 9.48 Å². The second-order valence-corrected chi connectivity index (χ2v) is 6.07. The maximum atomic E-state index is 12.7. The van der Waals surface area contributed by atoms with Crippen LogP contribution in [0.2, 0.25) is 0 Å². The van der Waals surface area contributed by atoms with Crippen LogP contribution in [0.25, 0.3) is 10.2 Å². The fourth-order valence-electron chi connectivity index (χ4n) is 2.29. The lowest BCUT2D eigenvalue weighted by molar-refractivity contribution is 0.0735. The maximum absolute atomic E-state index is 12.7. The molecule has 0 saturated carbocycles. The van der Waals surface area contributed by atoms with Crippen LogP contribution in [0.3, 0.4) is 0 Å². The number of carbonyl (C=O) groups is 1. The van der Waals surface area contributed by atoms with Crippen LogP contribution < -0.4 is 5.73 Å². The van der Waals surface area contributed by atoms with Gasteiger partial charge in [-0.25, -0.2) is 0 Å². The van der Waals surface area contributed by atoms with E-state index in [9.17, 15) is 4.79 Å². The number of amides is 1. The molecule has 0 aliphatic rings. The van der Waals surface area contributed by atoms with E-state index in [0.29, 0.717) is 17.1 Å². The van der Waals surface area contributed by atoms with Gasteiger partial charge >= 0.3 is 0 Å². The van der Waals surface area contributed by atoms with Gasteiger partial charge in [0.25, 0.3) is 5.91 Å². The van der Waals surface area contributed by atoms with E-state index in [1.54, 1.807) is 15.7 Å². The molecule has 0 unspecified atom stereocenters. The summed E-state index contributed by atoms with van der Waals surface area (Å²) in [5.41, 5.74) is 7.57. The van der Waals surface area contributed by atoms with Crippen molar-refractivity contribution in [3.63, 3.8) is 0 Å². The van der Waals surface area contributed by atoms with Gasteiger partial charge in [0.2, 0.25) is 0 Å². The van der Waals surface area contributed by atoms with Crippen molar-refractivity contribution in [2.24, 2.45) is 7.05 Å². The molecule has 0 fully saturated rings. The number of hydrogen-bond donors (Lipinski definition) is 1. The summed E-state index contributed by atoms with van der Waals surface area (Å²) < 4.78 is 1.77. The molecule has 0 spiro atoms. The number of anilines is 1. The normalized spacial score (nSPS) is 11.2. The summed E-state index contributed by atoms with van der Waals surface area (Å²) in [5.74, 6) is -0.0435. The van der Waals surface area contributed by atoms with Gasteiger partial charge < -0.3 is 10.6 Å². The Morgan fingerprint density at radius 1 is 1.60 bits per heavy atom. The van der Waals surface area contributed by atoms with Crippen molar-refractivity contribution in [2.75, 3.05) is 12.3 Å². The zero-order chi connectivity index (χ0) is 15.0. The quantitative estimate of drug-likeness (QED) is 0.881. The number of nitrogens with zero attached hydrogens (tertiary/aromatic N) is 3. The highest BCUT2D eigenvalue weighted by Crippen LogP contribution is 2.36. The summed E-state index contributed by atoms with van der Waals surface area (Å²) in [6.07, 6.45) is 1.73. The molecule has 0 radical (unpaired) electrons. The minimum absolute atomic E-state index is 0.0435. The third-order valence-electron chi connectivity index (χ3n) is 3.29. The average Bonchev–Trinajstić information content (AvgIpc) is 2.85. The summed E-state index contributed by atoms with van der Waals surface area (Å²) in [5, 5.41) is 5.23. The van der Waals surface area contributed by atoms with Crippen molar-refractivity contribution >= 4 is 33.1 Å². The highest BCUT2D eigenvalue weighted by molar-refractivity contribution is 7.21. The lowest BCUT2D eigenvalue weighted by Crippen LogP contribution is -2.36. The first kappa shape index (κ1) is 14.6. The van der Waals surface area contributed by atoms with Gasteiger partial charge in [-0.2, -0.15) is 5.10 Å². The molecule has 0 saturated heterocycles. The van der Waals surface area contributed by atoms with Gasteiger partial charge in [-0.15, -0.1) is 17.9 Å². The number of aryl methyl sites for hydroxylation is 2. The molecule has 0 atom stereocenters. The molecule has 2 N–H and O–H groups in total. The molecule has 108 valence electrons. The van der Waals surface area contributed by atoms with Gasteiger partial charge in [0.1, 0.15) is 9.71 Å². The van der Waals surface area contributed by atoms with E-state index < -0.39 is 0 Å². The molecule has 0 aliphatic heterocycles. The fourth-order valence-corrected chi connectivity index (χ4v) is 3.43. The van der Waals surface area contributed by atoms with E-state index in [4.69, 9.17) is 5.73 Å². The molecule has 0 bridgehead atoms. The molecular weight excluding hydrogens is 272 g/mol. The molecule has 1 amide bonds.